The summed E-state index contributed by atoms with van der Waals surface area (Å²) in [4.78, 5) is 24.6. The summed E-state index contributed by atoms with van der Waals surface area (Å²) in [6.45, 7) is 6.95. The standard InChI is InChI=1S/C30H42N2O5/c1-4-7-8-9-10-11-12-13-14-15-29(33)32-31-23-24-16-21-27(28(22-24)36-6-3)37-30(34)25-17-19-26(20-18-25)35-5-2/h16-23H,4-15H2,1-3H3,(H,32,33). The van der Waals surface area contributed by atoms with Crippen molar-refractivity contribution in [2.24, 2.45) is 5.10 Å². The molecular weight excluding hydrogens is 468 g/mol. The van der Waals surface area contributed by atoms with E-state index in [0.29, 0.717) is 48.0 Å². The molecule has 0 saturated heterocycles. The van der Waals surface area contributed by atoms with Gasteiger partial charge in [-0.05, 0) is 68.3 Å². The number of carbonyl (C=O) groups is 2. The van der Waals surface area contributed by atoms with Crippen molar-refractivity contribution in [3.8, 4) is 17.2 Å². The van der Waals surface area contributed by atoms with Gasteiger partial charge >= 0.3 is 5.97 Å². The quantitative estimate of drug-likeness (QED) is 0.0762. The monoisotopic (exact) mass is 510 g/mol. The Bertz CT molecular complexity index is 972. The summed E-state index contributed by atoms with van der Waals surface area (Å²) in [5, 5.41) is 4.06. The first-order valence-corrected chi connectivity index (χ1v) is 13.6. The van der Waals surface area contributed by atoms with Crippen molar-refractivity contribution >= 4 is 18.1 Å². The topological polar surface area (TPSA) is 86.2 Å². The normalized spacial score (nSPS) is 10.9. The van der Waals surface area contributed by atoms with E-state index in [2.05, 4.69) is 17.5 Å². The van der Waals surface area contributed by atoms with Crippen LogP contribution < -0.4 is 19.6 Å². The number of hydrogen-bond donors (Lipinski definition) is 1. The van der Waals surface area contributed by atoms with E-state index in [1.807, 2.05) is 13.8 Å². The molecule has 7 nitrogen and oxygen atoms in total. The van der Waals surface area contributed by atoms with Gasteiger partial charge in [-0.2, -0.15) is 5.10 Å². The molecule has 0 aliphatic heterocycles. The van der Waals surface area contributed by atoms with Crippen LogP contribution in [0.4, 0.5) is 0 Å². The molecule has 1 amide bonds. The number of benzene rings is 2. The summed E-state index contributed by atoms with van der Waals surface area (Å²) in [6.07, 6.45) is 12.9. The smallest absolute Gasteiger partial charge is 0.343 e. The first kappa shape index (κ1) is 29.9. The van der Waals surface area contributed by atoms with Gasteiger partial charge in [-0.1, -0.05) is 58.3 Å². The maximum Gasteiger partial charge on any atom is 0.343 e. The number of rotatable bonds is 18. The van der Waals surface area contributed by atoms with Gasteiger partial charge in [0.2, 0.25) is 5.91 Å². The molecule has 0 aliphatic rings. The second-order valence-corrected chi connectivity index (χ2v) is 8.86. The maximum atomic E-state index is 12.6. The Morgan fingerprint density at radius 2 is 1.43 bits per heavy atom. The molecule has 0 saturated carbocycles. The molecule has 0 fully saturated rings. The highest BCUT2D eigenvalue weighted by molar-refractivity contribution is 5.91. The Morgan fingerprint density at radius 3 is 2.08 bits per heavy atom. The molecule has 0 aromatic heterocycles. The lowest BCUT2D eigenvalue weighted by molar-refractivity contribution is -0.121. The number of esters is 1. The molecule has 2 rings (SSSR count). The van der Waals surface area contributed by atoms with E-state index < -0.39 is 5.97 Å². The average Bonchev–Trinajstić information content (AvgIpc) is 2.90. The fourth-order valence-electron chi connectivity index (χ4n) is 3.80. The Balaban J connectivity index is 1.80. The van der Waals surface area contributed by atoms with Gasteiger partial charge < -0.3 is 14.2 Å². The minimum Gasteiger partial charge on any atom is -0.494 e. The molecule has 37 heavy (non-hydrogen) atoms. The van der Waals surface area contributed by atoms with Crippen LogP contribution in [0.5, 0.6) is 17.2 Å². The Kier molecular flexibility index (Phi) is 14.5. The lowest BCUT2D eigenvalue weighted by atomic mass is 10.1. The van der Waals surface area contributed by atoms with E-state index in [4.69, 9.17) is 14.2 Å². The van der Waals surface area contributed by atoms with Gasteiger partial charge in [0.1, 0.15) is 5.75 Å². The van der Waals surface area contributed by atoms with Crippen LogP contribution in [0.2, 0.25) is 0 Å². The summed E-state index contributed by atoms with van der Waals surface area (Å²) in [7, 11) is 0. The van der Waals surface area contributed by atoms with Gasteiger partial charge in [0, 0.05) is 6.42 Å². The van der Waals surface area contributed by atoms with Crippen LogP contribution in [-0.4, -0.2) is 31.3 Å². The van der Waals surface area contributed by atoms with Crippen molar-refractivity contribution in [1.29, 1.82) is 0 Å². The van der Waals surface area contributed by atoms with Crippen LogP contribution in [0.25, 0.3) is 0 Å². The highest BCUT2D eigenvalue weighted by Crippen LogP contribution is 2.29. The highest BCUT2D eigenvalue weighted by atomic mass is 16.6. The molecule has 0 radical (unpaired) electrons. The van der Waals surface area contributed by atoms with Crippen LogP contribution in [-0.2, 0) is 4.79 Å². The lowest BCUT2D eigenvalue weighted by Gasteiger charge is -2.11. The van der Waals surface area contributed by atoms with Gasteiger partial charge in [0.05, 0.1) is 25.0 Å². The SMILES string of the molecule is CCCCCCCCCCCC(=O)NN=Cc1ccc(OC(=O)c2ccc(OCC)cc2)c(OCC)c1. The number of unbranched alkanes of at least 4 members (excludes halogenated alkanes) is 8. The van der Waals surface area contributed by atoms with Crippen molar-refractivity contribution in [3.05, 3.63) is 53.6 Å². The van der Waals surface area contributed by atoms with E-state index in [0.717, 1.165) is 12.8 Å². The van der Waals surface area contributed by atoms with Gasteiger partial charge in [-0.15, -0.1) is 0 Å². The Labute approximate surface area is 221 Å². The predicted octanol–water partition coefficient (Wildman–Crippen LogP) is 7.07. The molecule has 0 atom stereocenters. The predicted molar refractivity (Wildman–Crippen MR) is 148 cm³/mol. The molecule has 0 unspecified atom stereocenters. The van der Waals surface area contributed by atoms with Crippen molar-refractivity contribution in [1.82, 2.24) is 5.43 Å². The highest BCUT2D eigenvalue weighted by Gasteiger charge is 2.13. The van der Waals surface area contributed by atoms with Gasteiger partial charge in [-0.25, -0.2) is 10.2 Å². The second kappa shape index (κ2) is 18.0. The van der Waals surface area contributed by atoms with Crippen LogP contribution >= 0.6 is 0 Å². The molecule has 2 aromatic rings. The summed E-state index contributed by atoms with van der Waals surface area (Å²) in [5.74, 6) is 0.844. The van der Waals surface area contributed by atoms with Crippen LogP contribution in [0.1, 0.15) is 101 Å². The zero-order valence-electron chi connectivity index (χ0n) is 22.6. The number of nitrogens with zero attached hydrogens (tertiary/aromatic N) is 1. The molecular formula is C30H42N2O5. The fraction of sp³-hybridized carbons (Fsp3) is 0.500. The minimum atomic E-state index is -0.492. The van der Waals surface area contributed by atoms with Crippen LogP contribution in [0.15, 0.2) is 47.6 Å². The second-order valence-electron chi connectivity index (χ2n) is 8.86. The molecule has 0 spiro atoms. The van der Waals surface area contributed by atoms with Crippen molar-refractivity contribution in [3.63, 3.8) is 0 Å². The fourth-order valence-corrected chi connectivity index (χ4v) is 3.80. The Hall–Kier alpha value is -3.35. The van der Waals surface area contributed by atoms with E-state index in [9.17, 15) is 9.59 Å². The van der Waals surface area contributed by atoms with Gasteiger partial charge in [0.25, 0.3) is 0 Å². The molecule has 0 aliphatic carbocycles. The largest absolute Gasteiger partial charge is 0.494 e. The van der Waals surface area contributed by atoms with Crippen molar-refractivity contribution in [2.45, 2.75) is 85.0 Å². The van der Waals surface area contributed by atoms with Crippen LogP contribution in [0.3, 0.4) is 0 Å². The van der Waals surface area contributed by atoms with E-state index in [1.165, 1.54) is 44.9 Å². The zero-order valence-corrected chi connectivity index (χ0v) is 22.6. The minimum absolute atomic E-state index is 0.0925. The number of carbonyl (C=O) groups excluding carboxylic acids is 2. The van der Waals surface area contributed by atoms with Gasteiger partial charge in [0.15, 0.2) is 11.5 Å². The van der Waals surface area contributed by atoms with Crippen LogP contribution in [0, 0.1) is 0 Å². The zero-order chi connectivity index (χ0) is 26.7. The molecule has 2 aromatic carbocycles. The average molecular weight is 511 g/mol. The first-order valence-electron chi connectivity index (χ1n) is 13.6. The van der Waals surface area contributed by atoms with Gasteiger partial charge in [-0.3, -0.25) is 4.79 Å². The number of ether oxygens (including phenoxy) is 3. The molecule has 1 N–H and O–H groups in total. The maximum absolute atomic E-state index is 12.6. The molecule has 0 heterocycles. The summed E-state index contributed by atoms with van der Waals surface area (Å²) < 4.78 is 16.6. The summed E-state index contributed by atoms with van der Waals surface area (Å²) in [5.41, 5.74) is 3.71. The lowest BCUT2D eigenvalue weighted by Crippen LogP contribution is -2.16. The Morgan fingerprint density at radius 1 is 0.784 bits per heavy atom. The summed E-state index contributed by atoms with van der Waals surface area (Å²) in [6, 6.07) is 11.9. The third-order valence-corrected chi connectivity index (χ3v) is 5.78. The first-order chi connectivity index (χ1) is 18.1. The number of amides is 1. The molecule has 7 heteroatoms. The van der Waals surface area contributed by atoms with Crippen molar-refractivity contribution in [2.75, 3.05) is 13.2 Å². The van der Waals surface area contributed by atoms with E-state index >= 15 is 0 Å². The third-order valence-electron chi connectivity index (χ3n) is 5.78. The van der Waals surface area contributed by atoms with E-state index in [1.54, 1.807) is 48.7 Å². The number of hydrazone groups is 1. The van der Waals surface area contributed by atoms with Crippen molar-refractivity contribution < 1.29 is 23.8 Å². The number of hydrogen-bond acceptors (Lipinski definition) is 6. The third kappa shape index (κ3) is 12.0. The number of nitrogens with one attached hydrogen (secondary N) is 1. The molecule has 202 valence electrons. The molecule has 0 bridgehead atoms. The summed E-state index contributed by atoms with van der Waals surface area (Å²) >= 11 is 0. The van der Waals surface area contributed by atoms with E-state index in [-0.39, 0.29) is 5.91 Å².